The fraction of sp³-hybridized carbons (Fsp3) is 0.824. The van der Waals surface area contributed by atoms with Gasteiger partial charge in [-0.25, -0.2) is 0 Å². The lowest BCUT2D eigenvalue weighted by atomic mass is 9.81. The Morgan fingerprint density at radius 1 is 0.829 bits per heavy atom. The van der Waals surface area contributed by atoms with Gasteiger partial charge in [-0.1, -0.05) is 72.6 Å². The molecule has 2 heterocycles. The van der Waals surface area contributed by atoms with Crippen LogP contribution in [-0.4, -0.2) is 62.2 Å². The van der Waals surface area contributed by atoms with Crippen LogP contribution in [-0.2, 0) is 11.2 Å². The topological polar surface area (TPSA) is 120 Å². The average Bonchev–Trinajstić information content (AvgIpc) is 2.91. The third-order valence-electron chi connectivity index (χ3n) is 9.79. The van der Waals surface area contributed by atoms with Gasteiger partial charge in [0.15, 0.2) is 0 Å². The fourth-order valence-electron chi connectivity index (χ4n) is 6.82. The Balaban J connectivity index is 1.64. The lowest BCUT2D eigenvalue weighted by molar-refractivity contribution is -0.232. The number of benzene rings is 1. The van der Waals surface area contributed by atoms with Crippen LogP contribution in [0.2, 0.25) is 0 Å². The summed E-state index contributed by atoms with van der Waals surface area (Å²) in [4.78, 5) is 0. The van der Waals surface area contributed by atoms with Crippen molar-refractivity contribution in [2.24, 2.45) is 17.8 Å². The van der Waals surface area contributed by atoms with Crippen LogP contribution in [0.15, 0.2) is 0 Å². The van der Waals surface area contributed by atoms with Gasteiger partial charge in [-0.3, -0.25) is 0 Å². The first-order chi connectivity index (χ1) is 19.3. The molecule has 0 radical (unpaired) electrons. The first-order valence-corrected chi connectivity index (χ1v) is 16.1. The molecule has 0 bridgehead atoms. The summed E-state index contributed by atoms with van der Waals surface area (Å²) in [7, 11) is 0. The molecular formula is C34H58O7. The number of rotatable bonds is 14. The Morgan fingerprint density at radius 3 is 2.00 bits per heavy atom. The van der Waals surface area contributed by atoms with E-state index in [2.05, 4.69) is 34.6 Å². The van der Waals surface area contributed by atoms with Gasteiger partial charge in [0, 0.05) is 16.7 Å². The van der Waals surface area contributed by atoms with Crippen molar-refractivity contribution in [3.05, 3.63) is 22.3 Å². The van der Waals surface area contributed by atoms with E-state index in [0.717, 1.165) is 55.1 Å². The molecule has 3 rings (SSSR count). The fourth-order valence-corrected chi connectivity index (χ4v) is 6.82. The van der Waals surface area contributed by atoms with Crippen LogP contribution in [0.25, 0.3) is 0 Å². The van der Waals surface area contributed by atoms with Crippen molar-refractivity contribution in [1.29, 1.82) is 0 Å². The normalized spacial score (nSPS) is 29.7. The lowest BCUT2D eigenvalue weighted by Gasteiger charge is -2.44. The maximum atomic E-state index is 10.9. The highest BCUT2D eigenvalue weighted by Crippen LogP contribution is 2.49. The summed E-state index contributed by atoms with van der Waals surface area (Å²) in [6.45, 7) is 14.6. The van der Waals surface area contributed by atoms with Gasteiger partial charge in [-0.15, -0.1) is 0 Å². The predicted octanol–water partition coefficient (Wildman–Crippen LogP) is 6.05. The summed E-state index contributed by atoms with van der Waals surface area (Å²) in [6, 6.07) is 0. The Kier molecular flexibility index (Phi) is 12.4. The van der Waals surface area contributed by atoms with Crippen LogP contribution in [0.1, 0.15) is 127 Å². The Labute approximate surface area is 248 Å². The molecule has 5 N–H and O–H groups in total. The molecule has 0 aromatic heterocycles. The Morgan fingerprint density at radius 2 is 1.41 bits per heavy atom. The van der Waals surface area contributed by atoms with Crippen molar-refractivity contribution in [1.82, 2.24) is 0 Å². The van der Waals surface area contributed by atoms with Crippen LogP contribution >= 0.6 is 0 Å². The molecule has 1 aromatic carbocycles. The second-order valence-electron chi connectivity index (χ2n) is 14.0. The van der Waals surface area contributed by atoms with Gasteiger partial charge in [0.05, 0.1) is 6.61 Å². The molecule has 7 heteroatoms. The standard InChI is InChI=1S/C34H58O7/c1-20(2)11-8-12-21(3)13-9-14-22(4)15-10-17-34(7)18-16-25-23(5)28(36)24(6)27(32(25)41-34)33-31(39)30(38)29(37)26(19-35)40-33/h20-22,26,29-31,33,35-39H,8-19H2,1-7H3/t21?,22?,26-,29-,30+,31-,33+,34?/m1/s1. The molecule has 1 aromatic rings. The molecule has 7 nitrogen and oxygen atoms in total. The predicted molar refractivity (Wildman–Crippen MR) is 162 cm³/mol. The van der Waals surface area contributed by atoms with E-state index in [4.69, 9.17) is 9.47 Å². The van der Waals surface area contributed by atoms with Crippen LogP contribution in [0, 0.1) is 31.6 Å². The average molecular weight is 579 g/mol. The van der Waals surface area contributed by atoms with E-state index in [9.17, 15) is 25.5 Å². The maximum absolute atomic E-state index is 10.9. The SMILES string of the molecule is Cc1c(O)c(C)c([C@@H]2O[C@H](CO)[C@@H](O)[C@H](O)[C@H]2O)c2c1CCC(C)(CCCC(C)CCCC(C)CCCC(C)C)O2. The zero-order valence-corrected chi connectivity index (χ0v) is 26.7. The summed E-state index contributed by atoms with van der Waals surface area (Å²) in [5, 5.41) is 52.4. The van der Waals surface area contributed by atoms with Gasteiger partial charge < -0.3 is 35.0 Å². The number of aromatic hydroxyl groups is 1. The number of fused-ring (bicyclic) bond motifs is 1. The van der Waals surface area contributed by atoms with Crippen molar-refractivity contribution < 1.29 is 35.0 Å². The van der Waals surface area contributed by atoms with Gasteiger partial charge in [-0.05, 0) is 69.8 Å². The van der Waals surface area contributed by atoms with E-state index in [0.29, 0.717) is 22.8 Å². The minimum Gasteiger partial charge on any atom is -0.507 e. The minimum absolute atomic E-state index is 0.117. The first kappa shape index (κ1) is 34.1. The van der Waals surface area contributed by atoms with Gasteiger partial charge in [0.1, 0.15) is 47.6 Å². The van der Waals surface area contributed by atoms with E-state index >= 15 is 0 Å². The molecule has 0 aliphatic carbocycles. The van der Waals surface area contributed by atoms with Crippen molar-refractivity contribution in [2.75, 3.05) is 6.61 Å². The van der Waals surface area contributed by atoms with Gasteiger partial charge >= 0.3 is 0 Å². The second-order valence-corrected chi connectivity index (χ2v) is 14.0. The van der Waals surface area contributed by atoms with Crippen molar-refractivity contribution in [2.45, 2.75) is 155 Å². The highest BCUT2D eigenvalue weighted by molar-refractivity contribution is 5.60. The number of hydrogen-bond acceptors (Lipinski definition) is 7. The number of aliphatic hydroxyl groups is 4. The molecule has 1 saturated heterocycles. The molecule has 236 valence electrons. The van der Waals surface area contributed by atoms with E-state index in [1.165, 1.54) is 38.5 Å². The smallest absolute Gasteiger partial charge is 0.130 e. The van der Waals surface area contributed by atoms with E-state index < -0.39 is 42.7 Å². The third-order valence-corrected chi connectivity index (χ3v) is 9.79. The number of ether oxygens (including phenoxy) is 2. The van der Waals surface area contributed by atoms with E-state index in [-0.39, 0.29) is 5.75 Å². The van der Waals surface area contributed by atoms with Crippen molar-refractivity contribution in [3.8, 4) is 11.5 Å². The monoisotopic (exact) mass is 578 g/mol. The van der Waals surface area contributed by atoms with Crippen LogP contribution < -0.4 is 4.74 Å². The highest BCUT2D eigenvalue weighted by Gasteiger charge is 2.47. The molecule has 2 aliphatic heterocycles. The molecule has 1 fully saturated rings. The van der Waals surface area contributed by atoms with Crippen molar-refractivity contribution in [3.63, 3.8) is 0 Å². The molecular weight excluding hydrogens is 520 g/mol. The second kappa shape index (κ2) is 14.9. The van der Waals surface area contributed by atoms with Crippen LogP contribution in [0.4, 0.5) is 0 Å². The largest absolute Gasteiger partial charge is 0.507 e. The molecule has 8 atom stereocenters. The molecule has 0 saturated carbocycles. The number of hydrogen-bond donors (Lipinski definition) is 5. The molecule has 2 aliphatic rings. The Hall–Kier alpha value is -1.38. The first-order valence-electron chi connectivity index (χ1n) is 16.1. The molecule has 0 amide bonds. The maximum Gasteiger partial charge on any atom is 0.130 e. The zero-order valence-electron chi connectivity index (χ0n) is 26.7. The molecule has 3 unspecified atom stereocenters. The van der Waals surface area contributed by atoms with Crippen LogP contribution in [0.3, 0.4) is 0 Å². The Bertz CT molecular complexity index is 977. The minimum atomic E-state index is -1.50. The van der Waals surface area contributed by atoms with E-state index in [1.807, 2.05) is 6.92 Å². The van der Waals surface area contributed by atoms with Crippen molar-refractivity contribution >= 4 is 0 Å². The summed E-state index contributed by atoms with van der Waals surface area (Å²) in [5.74, 6) is 2.98. The highest BCUT2D eigenvalue weighted by atomic mass is 16.5. The number of phenols is 1. The zero-order chi connectivity index (χ0) is 30.5. The van der Waals surface area contributed by atoms with Gasteiger partial charge in [0.2, 0.25) is 0 Å². The van der Waals surface area contributed by atoms with E-state index in [1.54, 1.807) is 6.92 Å². The lowest BCUT2D eigenvalue weighted by Crippen LogP contribution is -2.55. The number of aliphatic hydroxyl groups excluding tert-OH is 4. The number of phenolic OH excluding ortho intramolecular Hbond substituents is 1. The summed E-state index contributed by atoms with van der Waals surface area (Å²) in [5.41, 5.74) is 2.23. The molecule has 41 heavy (non-hydrogen) atoms. The third kappa shape index (κ3) is 8.38. The molecule has 0 spiro atoms. The van der Waals surface area contributed by atoms with Crippen LogP contribution in [0.5, 0.6) is 11.5 Å². The summed E-state index contributed by atoms with van der Waals surface area (Å²) in [6.07, 6.45) is 6.06. The quantitative estimate of drug-likeness (QED) is 0.182. The summed E-state index contributed by atoms with van der Waals surface area (Å²) < 4.78 is 12.7. The van der Waals surface area contributed by atoms with Gasteiger partial charge in [-0.2, -0.15) is 0 Å². The summed E-state index contributed by atoms with van der Waals surface area (Å²) >= 11 is 0. The van der Waals surface area contributed by atoms with Gasteiger partial charge in [0.25, 0.3) is 0 Å².